The molecule has 0 atom stereocenters. The fourth-order valence-electron chi connectivity index (χ4n) is 4.23. The van der Waals surface area contributed by atoms with Crippen molar-refractivity contribution in [1.29, 1.82) is 0 Å². The summed E-state index contributed by atoms with van der Waals surface area (Å²) in [7, 11) is 1.75. The van der Waals surface area contributed by atoms with Crippen LogP contribution in [0.15, 0.2) is 79.0 Å². The number of nitrogens with zero attached hydrogens (tertiary/aromatic N) is 2. The molecule has 0 saturated carbocycles. The first kappa shape index (κ1) is 24.0. The summed E-state index contributed by atoms with van der Waals surface area (Å²) in [5.41, 5.74) is 3.88. The molecule has 3 aromatic rings. The lowest BCUT2D eigenvalue weighted by atomic mass is 9.90. The molecular weight excluding hydrogens is 394 g/mol. The summed E-state index contributed by atoms with van der Waals surface area (Å²) in [6, 6.07) is 25.1. The topological polar surface area (TPSA) is 37.4 Å². The van der Waals surface area contributed by atoms with Crippen molar-refractivity contribution in [3.05, 3.63) is 95.8 Å². The van der Waals surface area contributed by atoms with Gasteiger partial charge in [0, 0.05) is 19.3 Å². The van der Waals surface area contributed by atoms with Crippen LogP contribution in [0.2, 0.25) is 0 Å². The standard InChI is InChI=1S/C16H20N2.C12H17NO/c1-2-12-18(13-15-8-4-3-5-9-15)14-16-10-6-7-11-17-16;1-14-12-5-3-2-4-11(12)10-6-8-13-9-7-10/h3-11H,2,12-14H2,1H3;2-5,10,13H,6-9H2,1H3. The van der Waals surface area contributed by atoms with Crippen LogP contribution in [-0.4, -0.2) is 36.6 Å². The molecule has 170 valence electrons. The Labute approximate surface area is 193 Å². The second-order valence-corrected chi connectivity index (χ2v) is 8.28. The Morgan fingerprint density at radius 2 is 1.62 bits per heavy atom. The zero-order valence-electron chi connectivity index (χ0n) is 19.5. The van der Waals surface area contributed by atoms with Gasteiger partial charge >= 0.3 is 0 Å². The van der Waals surface area contributed by atoms with Crippen molar-refractivity contribution in [1.82, 2.24) is 15.2 Å². The Morgan fingerprint density at radius 3 is 2.31 bits per heavy atom. The number of aromatic nitrogens is 1. The molecule has 0 unspecified atom stereocenters. The average Bonchev–Trinajstić information content (AvgIpc) is 2.86. The lowest BCUT2D eigenvalue weighted by Crippen LogP contribution is -2.26. The van der Waals surface area contributed by atoms with E-state index in [1.54, 1.807) is 7.11 Å². The molecule has 1 N–H and O–H groups in total. The molecule has 1 aromatic heterocycles. The van der Waals surface area contributed by atoms with Gasteiger partial charge in [-0.05, 0) is 74.1 Å². The van der Waals surface area contributed by atoms with Crippen LogP contribution in [-0.2, 0) is 13.1 Å². The molecule has 0 bridgehead atoms. The van der Waals surface area contributed by atoms with Gasteiger partial charge in [-0.3, -0.25) is 9.88 Å². The molecule has 1 aliphatic heterocycles. The maximum absolute atomic E-state index is 5.38. The molecule has 0 amide bonds. The Balaban J connectivity index is 0.000000186. The normalized spacial score (nSPS) is 14.0. The molecule has 4 rings (SSSR count). The van der Waals surface area contributed by atoms with Crippen LogP contribution in [0.3, 0.4) is 0 Å². The third-order valence-electron chi connectivity index (χ3n) is 5.82. The van der Waals surface area contributed by atoms with Crippen LogP contribution in [0, 0.1) is 0 Å². The first-order chi connectivity index (χ1) is 15.8. The van der Waals surface area contributed by atoms with Crippen LogP contribution in [0.25, 0.3) is 0 Å². The number of methoxy groups -OCH3 is 1. The van der Waals surface area contributed by atoms with E-state index in [9.17, 15) is 0 Å². The molecule has 2 heterocycles. The number of pyridine rings is 1. The Hall–Kier alpha value is -2.69. The van der Waals surface area contributed by atoms with E-state index in [4.69, 9.17) is 4.74 Å². The van der Waals surface area contributed by atoms with E-state index < -0.39 is 0 Å². The first-order valence-corrected chi connectivity index (χ1v) is 11.8. The number of ether oxygens (including phenoxy) is 1. The van der Waals surface area contributed by atoms with Crippen LogP contribution < -0.4 is 10.1 Å². The summed E-state index contributed by atoms with van der Waals surface area (Å²) in [5, 5.41) is 3.38. The zero-order valence-corrected chi connectivity index (χ0v) is 19.5. The van der Waals surface area contributed by atoms with Crippen LogP contribution in [0.1, 0.15) is 48.9 Å². The summed E-state index contributed by atoms with van der Waals surface area (Å²) in [4.78, 5) is 6.84. The van der Waals surface area contributed by atoms with Gasteiger partial charge in [0.05, 0.1) is 12.8 Å². The van der Waals surface area contributed by atoms with Crippen molar-refractivity contribution in [2.75, 3.05) is 26.7 Å². The number of hydrogen-bond acceptors (Lipinski definition) is 4. The largest absolute Gasteiger partial charge is 0.496 e. The van der Waals surface area contributed by atoms with Crippen LogP contribution >= 0.6 is 0 Å². The minimum absolute atomic E-state index is 0.674. The van der Waals surface area contributed by atoms with Gasteiger partial charge in [0.1, 0.15) is 5.75 Å². The van der Waals surface area contributed by atoms with Crippen LogP contribution in [0.4, 0.5) is 0 Å². The second kappa shape index (κ2) is 13.7. The number of para-hydroxylation sites is 1. The molecule has 4 nitrogen and oxygen atoms in total. The Bertz CT molecular complexity index is 838. The van der Waals surface area contributed by atoms with Crippen molar-refractivity contribution in [3.63, 3.8) is 0 Å². The maximum atomic E-state index is 5.38. The highest BCUT2D eigenvalue weighted by Crippen LogP contribution is 2.31. The van der Waals surface area contributed by atoms with Gasteiger partial charge in [0.25, 0.3) is 0 Å². The summed E-state index contributed by atoms with van der Waals surface area (Å²) in [5.74, 6) is 1.71. The van der Waals surface area contributed by atoms with Crippen LogP contribution in [0.5, 0.6) is 5.75 Å². The second-order valence-electron chi connectivity index (χ2n) is 8.28. The lowest BCUT2D eigenvalue weighted by molar-refractivity contribution is 0.254. The fraction of sp³-hybridized carbons (Fsp3) is 0.393. The average molecular weight is 432 g/mol. The van der Waals surface area contributed by atoms with E-state index in [0.29, 0.717) is 5.92 Å². The molecule has 32 heavy (non-hydrogen) atoms. The lowest BCUT2D eigenvalue weighted by Gasteiger charge is -2.24. The molecule has 0 radical (unpaired) electrons. The number of hydrogen-bond donors (Lipinski definition) is 1. The van der Waals surface area contributed by atoms with E-state index in [1.165, 1.54) is 30.4 Å². The van der Waals surface area contributed by atoms with E-state index in [-0.39, 0.29) is 0 Å². The number of piperidine rings is 1. The zero-order chi connectivity index (χ0) is 22.4. The summed E-state index contributed by atoms with van der Waals surface area (Å²) >= 11 is 0. The van der Waals surface area contributed by atoms with Gasteiger partial charge in [-0.25, -0.2) is 0 Å². The van der Waals surface area contributed by atoms with Crippen molar-refractivity contribution < 1.29 is 4.74 Å². The van der Waals surface area contributed by atoms with Gasteiger partial charge in [-0.15, -0.1) is 0 Å². The molecule has 4 heteroatoms. The maximum Gasteiger partial charge on any atom is 0.122 e. The molecule has 1 saturated heterocycles. The van der Waals surface area contributed by atoms with E-state index in [0.717, 1.165) is 44.2 Å². The number of nitrogens with one attached hydrogen (secondary N) is 1. The van der Waals surface area contributed by atoms with Gasteiger partial charge < -0.3 is 10.1 Å². The van der Waals surface area contributed by atoms with Crippen molar-refractivity contribution in [2.45, 2.75) is 45.2 Å². The summed E-state index contributed by atoms with van der Waals surface area (Å²) in [6.45, 7) is 7.49. The molecule has 1 fully saturated rings. The van der Waals surface area contributed by atoms with Crippen molar-refractivity contribution >= 4 is 0 Å². The van der Waals surface area contributed by atoms with Crippen molar-refractivity contribution in [3.8, 4) is 5.75 Å². The summed E-state index contributed by atoms with van der Waals surface area (Å²) < 4.78 is 5.38. The minimum Gasteiger partial charge on any atom is -0.496 e. The molecule has 1 aliphatic rings. The minimum atomic E-state index is 0.674. The Kier molecular flexibility index (Phi) is 10.2. The smallest absolute Gasteiger partial charge is 0.122 e. The highest BCUT2D eigenvalue weighted by Gasteiger charge is 2.17. The Morgan fingerprint density at radius 1 is 0.906 bits per heavy atom. The van der Waals surface area contributed by atoms with E-state index in [2.05, 4.69) is 82.8 Å². The monoisotopic (exact) mass is 431 g/mol. The van der Waals surface area contributed by atoms with E-state index in [1.807, 2.05) is 18.3 Å². The SMILES string of the molecule is CCCN(Cc1ccccc1)Cc1ccccn1.COc1ccccc1C1CCNCC1. The fourth-order valence-corrected chi connectivity index (χ4v) is 4.23. The van der Waals surface area contributed by atoms with Gasteiger partial charge in [0.2, 0.25) is 0 Å². The molecule has 2 aromatic carbocycles. The first-order valence-electron chi connectivity index (χ1n) is 11.8. The van der Waals surface area contributed by atoms with E-state index >= 15 is 0 Å². The van der Waals surface area contributed by atoms with Crippen molar-refractivity contribution in [2.24, 2.45) is 0 Å². The molecule has 0 spiro atoms. The van der Waals surface area contributed by atoms with Gasteiger partial charge in [0.15, 0.2) is 0 Å². The third-order valence-corrected chi connectivity index (χ3v) is 5.82. The predicted octanol–water partition coefficient (Wildman–Crippen LogP) is 5.66. The number of rotatable bonds is 8. The summed E-state index contributed by atoms with van der Waals surface area (Å²) in [6.07, 6.45) is 5.47. The highest BCUT2D eigenvalue weighted by atomic mass is 16.5. The van der Waals surface area contributed by atoms with Gasteiger partial charge in [-0.2, -0.15) is 0 Å². The predicted molar refractivity (Wildman–Crippen MR) is 133 cm³/mol. The molecular formula is C28H37N3O. The number of benzene rings is 2. The third kappa shape index (κ3) is 7.77. The quantitative estimate of drug-likeness (QED) is 0.500. The van der Waals surface area contributed by atoms with Gasteiger partial charge in [-0.1, -0.05) is 61.5 Å². The highest BCUT2D eigenvalue weighted by molar-refractivity contribution is 5.36. The molecule has 0 aliphatic carbocycles.